The van der Waals surface area contributed by atoms with Crippen LogP contribution in [0.15, 0.2) is 12.2 Å². The molecule has 0 bridgehead atoms. The van der Waals surface area contributed by atoms with Crippen LogP contribution in [0, 0.1) is 0 Å². The molecule has 7 heteroatoms. The molecule has 6 nitrogen and oxygen atoms in total. The van der Waals surface area contributed by atoms with Gasteiger partial charge in [0.15, 0.2) is 0 Å². The first kappa shape index (κ1) is 37.1. The molecule has 0 heterocycles. The number of carbonyl (C=O) groups excluding carboxylic acids is 1. The number of carbonyl (C=O) groups is 1. The van der Waals surface area contributed by atoms with E-state index < -0.39 is 28.0 Å². The van der Waals surface area contributed by atoms with Gasteiger partial charge in [0.25, 0.3) is 10.1 Å². The van der Waals surface area contributed by atoms with E-state index in [4.69, 9.17) is 0 Å². The van der Waals surface area contributed by atoms with Crippen LogP contribution in [0.4, 0.5) is 0 Å². The number of hydrogen-bond acceptors (Lipinski definition) is 4. The Morgan fingerprint density at radius 3 is 1.58 bits per heavy atom. The second kappa shape index (κ2) is 26.3. The van der Waals surface area contributed by atoms with E-state index >= 15 is 0 Å². The number of unbranched alkanes of at least 4 members (excludes halogenated alkanes) is 18. The Balaban J connectivity index is 3.99. The zero-order valence-corrected chi connectivity index (χ0v) is 25.6. The quantitative estimate of drug-likeness (QED) is 0.0508. The van der Waals surface area contributed by atoms with Crippen molar-refractivity contribution < 1.29 is 22.9 Å². The van der Waals surface area contributed by atoms with Gasteiger partial charge in [-0.25, -0.2) is 0 Å². The number of amides is 1. The minimum atomic E-state index is -4.29. The number of nitrogens with one attached hydrogen (secondary N) is 1. The lowest BCUT2D eigenvalue weighted by Gasteiger charge is -2.23. The summed E-state index contributed by atoms with van der Waals surface area (Å²) in [6.07, 6.45) is 28.7. The maximum absolute atomic E-state index is 12.4. The first-order valence-corrected chi connectivity index (χ1v) is 17.5. The zero-order chi connectivity index (χ0) is 28.3. The Morgan fingerprint density at radius 2 is 1.11 bits per heavy atom. The van der Waals surface area contributed by atoms with E-state index in [9.17, 15) is 22.9 Å². The molecule has 0 saturated heterocycles. The fraction of sp³-hybridized carbons (Fsp3) is 0.903. The molecule has 0 aromatic heterocycles. The van der Waals surface area contributed by atoms with Crippen molar-refractivity contribution in [3.05, 3.63) is 12.2 Å². The van der Waals surface area contributed by atoms with Crippen LogP contribution in [0.2, 0.25) is 0 Å². The summed E-state index contributed by atoms with van der Waals surface area (Å²) in [6, 6.07) is -0.968. The van der Waals surface area contributed by atoms with Crippen LogP contribution < -0.4 is 5.32 Å². The molecule has 0 rings (SSSR count). The van der Waals surface area contributed by atoms with Crippen molar-refractivity contribution >= 4 is 16.0 Å². The van der Waals surface area contributed by atoms with Gasteiger partial charge in [-0.3, -0.25) is 9.35 Å². The van der Waals surface area contributed by atoms with Crippen LogP contribution in [0.1, 0.15) is 162 Å². The predicted molar refractivity (Wildman–Crippen MR) is 161 cm³/mol. The van der Waals surface area contributed by atoms with Gasteiger partial charge in [0.1, 0.15) is 0 Å². The maximum Gasteiger partial charge on any atom is 0.266 e. The molecule has 0 radical (unpaired) electrons. The Kier molecular flexibility index (Phi) is 25.7. The Labute approximate surface area is 235 Å². The van der Waals surface area contributed by atoms with E-state index in [1.54, 1.807) is 0 Å². The summed E-state index contributed by atoms with van der Waals surface area (Å²) in [5.74, 6) is -0.907. The van der Waals surface area contributed by atoms with Crippen molar-refractivity contribution in [2.75, 3.05) is 5.75 Å². The maximum atomic E-state index is 12.4. The van der Waals surface area contributed by atoms with Gasteiger partial charge >= 0.3 is 0 Å². The van der Waals surface area contributed by atoms with Crippen LogP contribution in [0.25, 0.3) is 0 Å². The fourth-order valence-corrected chi connectivity index (χ4v) is 5.56. The number of rotatable bonds is 28. The predicted octanol–water partition coefficient (Wildman–Crippen LogP) is 8.29. The van der Waals surface area contributed by atoms with Gasteiger partial charge in [0.2, 0.25) is 5.91 Å². The SMILES string of the molecule is CCCCCCC/C=C\CCCCCCCC(=O)NC(CS(=O)(=O)O)C(O)CCCCCCCCCCC. The van der Waals surface area contributed by atoms with Gasteiger partial charge in [-0.15, -0.1) is 0 Å². The molecule has 0 spiro atoms. The van der Waals surface area contributed by atoms with Crippen molar-refractivity contribution in [2.45, 2.75) is 174 Å². The Morgan fingerprint density at radius 1 is 0.684 bits per heavy atom. The average molecular weight is 560 g/mol. The second-order valence-electron chi connectivity index (χ2n) is 11.1. The van der Waals surface area contributed by atoms with E-state index in [1.807, 2.05) is 0 Å². The van der Waals surface area contributed by atoms with Crippen molar-refractivity contribution in [1.82, 2.24) is 5.32 Å². The third kappa shape index (κ3) is 26.7. The van der Waals surface area contributed by atoms with Gasteiger partial charge in [0, 0.05) is 6.42 Å². The molecule has 2 atom stereocenters. The first-order chi connectivity index (χ1) is 18.3. The molecule has 0 aromatic rings. The van der Waals surface area contributed by atoms with Crippen LogP contribution in [-0.2, 0) is 14.9 Å². The first-order valence-electron chi connectivity index (χ1n) is 15.9. The van der Waals surface area contributed by atoms with Gasteiger partial charge in [-0.2, -0.15) is 8.42 Å². The fourth-order valence-electron chi connectivity index (χ4n) is 4.80. The molecule has 0 aromatic carbocycles. The van der Waals surface area contributed by atoms with Gasteiger partial charge in [-0.1, -0.05) is 129 Å². The Bertz CT molecular complexity index is 665. The lowest BCUT2D eigenvalue weighted by Crippen LogP contribution is -2.47. The summed E-state index contributed by atoms with van der Waals surface area (Å²) in [6.45, 7) is 4.45. The van der Waals surface area contributed by atoms with E-state index in [1.165, 1.54) is 83.5 Å². The van der Waals surface area contributed by atoms with E-state index in [0.717, 1.165) is 51.4 Å². The largest absolute Gasteiger partial charge is 0.391 e. The van der Waals surface area contributed by atoms with Crippen molar-refractivity contribution in [2.24, 2.45) is 0 Å². The summed E-state index contributed by atoms with van der Waals surface area (Å²) in [5.41, 5.74) is 0. The topological polar surface area (TPSA) is 104 Å². The molecule has 0 fully saturated rings. The zero-order valence-electron chi connectivity index (χ0n) is 24.8. The average Bonchev–Trinajstić information content (AvgIpc) is 2.86. The normalized spacial score (nSPS) is 13.7. The third-order valence-corrected chi connectivity index (χ3v) is 8.00. The number of aliphatic hydroxyl groups excluding tert-OH is 1. The summed E-state index contributed by atoms with van der Waals surface area (Å²) in [7, 11) is -4.29. The van der Waals surface area contributed by atoms with Crippen LogP contribution in [0.5, 0.6) is 0 Å². The molecular weight excluding hydrogens is 498 g/mol. The summed E-state index contributed by atoms with van der Waals surface area (Å²) < 4.78 is 32.2. The summed E-state index contributed by atoms with van der Waals surface area (Å²) >= 11 is 0. The Hall–Kier alpha value is -0.920. The van der Waals surface area contributed by atoms with E-state index in [0.29, 0.717) is 12.8 Å². The number of aliphatic hydroxyl groups is 1. The number of allylic oxidation sites excluding steroid dienone is 2. The molecule has 0 aliphatic rings. The smallest absolute Gasteiger partial charge is 0.266 e. The van der Waals surface area contributed by atoms with Gasteiger partial charge in [0.05, 0.1) is 17.9 Å². The van der Waals surface area contributed by atoms with Gasteiger partial charge in [-0.05, 0) is 38.5 Å². The van der Waals surface area contributed by atoms with E-state index in [-0.39, 0.29) is 5.91 Å². The lowest BCUT2D eigenvalue weighted by molar-refractivity contribution is -0.122. The van der Waals surface area contributed by atoms with Crippen LogP contribution >= 0.6 is 0 Å². The number of hydrogen-bond donors (Lipinski definition) is 3. The molecule has 0 aliphatic heterocycles. The minimum Gasteiger partial charge on any atom is -0.391 e. The minimum absolute atomic E-state index is 0.258. The lowest BCUT2D eigenvalue weighted by atomic mass is 10.0. The summed E-state index contributed by atoms with van der Waals surface area (Å²) in [5, 5.41) is 13.2. The molecule has 38 heavy (non-hydrogen) atoms. The third-order valence-electron chi connectivity index (χ3n) is 7.22. The van der Waals surface area contributed by atoms with Crippen LogP contribution in [0.3, 0.4) is 0 Å². The summed E-state index contributed by atoms with van der Waals surface area (Å²) in [4.78, 5) is 12.4. The molecule has 0 aliphatic carbocycles. The van der Waals surface area contributed by atoms with Crippen molar-refractivity contribution in [3.8, 4) is 0 Å². The molecule has 226 valence electrons. The highest BCUT2D eigenvalue weighted by atomic mass is 32.2. The standard InChI is InChI=1S/C31H61NO5S/c1-3-5-7-9-11-13-14-15-16-17-19-21-23-25-27-31(34)32-29(28-38(35,36)37)30(33)26-24-22-20-18-12-10-8-6-4-2/h14-15,29-30,33H,3-13,16-28H2,1-2H3,(H,32,34)(H,35,36,37)/b15-14-. The molecule has 2 unspecified atom stereocenters. The highest BCUT2D eigenvalue weighted by molar-refractivity contribution is 7.85. The molecule has 1 amide bonds. The molecular formula is C31H61NO5S. The second-order valence-corrected chi connectivity index (χ2v) is 12.6. The van der Waals surface area contributed by atoms with Crippen LogP contribution in [-0.4, -0.2) is 41.9 Å². The van der Waals surface area contributed by atoms with Gasteiger partial charge < -0.3 is 10.4 Å². The van der Waals surface area contributed by atoms with E-state index in [2.05, 4.69) is 31.3 Å². The monoisotopic (exact) mass is 559 g/mol. The highest BCUT2D eigenvalue weighted by Crippen LogP contribution is 2.14. The van der Waals surface area contributed by atoms with Crippen molar-refractivity contribution in [3.63, 3.8) is 0 Å². The molecule has 3 N–H and O–H groups in total. The highest BCUT2D eigenvalue weighted by Gasteiger charge is 2.26. The molecule has 0 saturated carbocycles. The van der Waals surface area contributed by atoms with Crippen molar-refractivity contribution in [1.29, 1.82) is 0 Å².